The molecule has 0 saturated carbocycles. The third-order valence-electron chi connectivity index (χ3n) is 3.17. The molecule has 0 aromatic rings. The van der Waals surface area contributed by atoms with Gasteiger partial charge in [-0.2, -0.15) is 21.6 Å². The number of carbonyl (C=O) groups excluding carboxylic acids is 3. The van der Waals surface area contributed by atoms with Gasteiger partial charge in [0.05, 0.1) is 0 Å². The zero-order valence-electron chi connectivity index (χ0n) is 14.7. The van der Waals surface area contributed by atoms with Gasteiger partial charge in [-0.1, -0.05) is 0 Å². The molecule has 0 unspecified atom stereocenters. The van der Waals surface area contributed by atoms with Gasteiger partial charge in [-0.05, 0) is 0 Å². The summed E-state index contributed by atoms with van der Waals surface area (Å²) in [5.41, 5.74) is -5.84. The van der Waals surface area contributed by atoms with Gasteiger partial charge in [0, 0.05) is 20.8 Å². The summed E-state index contributed by atoms with van der Waals surface area (Å²) in [4.78, 5) is 33.6. The number of esters is 3. The lowest BCUT2D eigenvalue weighted by Gasteiger charge is -2.42. The van der Waals surface area contributed by atoms with E-state index in [0.717, 1.165) is 20.8 Å². The zero-order valence-corrected chi connectivity index (χ0v) is 15.5. The first kappa shape index (κ1) is 24.1. The van der Waals surface area contributed by atoms with Crippen LogP contribution in [0.15, 0.2) is 0 Å². The van der Waals surface area contributed by atoms with Crippen LogP contribution in [0.1, 0.15) is 20.8 Å². The van der Waals surface area contributed by atoms with Crippen molar-refractivity contribution in [3.63, 3.8) is 0 Å². The Labute approximate surface area is 156 Å². The lowest BCUT2D eigenvalue weighted by Crippen LogP contribution is -2.62. The predicted molar refractivity (Wildman–Crippen MR) is 78.5 cm³/mol. The summed E-state index contributed by atoms with van der Waals surface area (Å²) >= 11 is 0. The van der Waals surface area contributed by atoms with Gasteiger partial charge in [0.1, 0.15) is 18.8 Å². The van der Waals surface area contributed by atoms with Crippen LogP contribution in [0.5, 0.6) is 0 Å². The number of alkyl halides is 3. The van der Waals surface area contributed by atoms with Crippen molar-refractivity contribution in [1.82, 2.24) is 0 Å². The standard InChI is InChI=1S/C13H17F3O11S/c1-5(17)23-4-8-10(24-6(2)18)11(25-7(3)19)9(20)12(26-8)27-28(21,22)13(14,15)16/h8-12,20H,4H2,1-3H3/t8-,9-,10-,11-,12+/m1/s1. The molecule has 0 radical (unpaired) electrons. The summed E-state index contributed by atoms with van der Waals surface area (Å²) in [5, 5.41) is 10.1. The molecular weight excluding hydrogens is 421 g/mol. The first-order valence-electron chi connectivity index (χ1n) is 7.46. The van der Waals surface area contributed by atoms with Gasteiger partial charge in [-0.3, -0.25) is 14.4 Å². The molecule has 0 aliphatic carbocycles. The molecule has 0 amide bonds. The SMILES string of the molecule is CC(=O)OC[C@H]1O[C@@H](OS(=O)(=O)C(F)(F)F)[C@H](O)[C@@H](OC(C)=O)[C@@H]1OC(C)=O. The lowest BCUT2D eigenvalue weighted by molar-refractivity contribution is -0.286. The van der Waals surface area contributed by atoms with Gasteiger partial charge < -0.3 is 24.1 Å². The topological polar surface area (TPSA) is 152 Å². The third-order valence-corrected chi connectivity index (χ3v) is 4.18. The van der Waals surface area contributed by atoms with Crippen LogP contribution in [-0.4, -0.2) is 74.3 Å². The Kier molecular flexibility index (Phi) is 7.75. The van der Waals surface area contributed by atoms with Crippen LogP contribution in [0, 0.1) is 0 Å². The Hall–Kier alpha value is -1.97. The third kappa shape index (κ3) is 6.29. The van der Waals surface area contributed by atoms with Gasteiger partial charge in [-0.25, -0.2) is 4.18 Å². The van der Waals surface area contributed by atoms with E-state index in [1.165, 1.54) is 0 Å². The summed E-state index contributed by atoms with van der Waals surface area (Å²) in [5.74, 6) is -2.87. The van der Waals surface area contributed by atoms with Crippen molar-refractivity contribution in [2.24, 2.45) is 0 Å². The number of ether oxygens (including phenoxy) is 4. The molecule has 1 fully saturated rings. The fraction of sp³-hybridized carbons (Fsp3) is 0.769. The average Bonchev–Trinajstić information content (AvgIpc) is 2.50. The predicted octanol–water partition coefficient (Wildman–Crippen LogP) is -0.635. The van der Waals surface area contributed by atoms with Gasteiger partial charge in [0.2, 0.25) is 6.29 Å². The number of carbonyl (C=O) groups is 3. The summed E-state index contributed by atoms with van der Waals surface area (Å²) in [6, 6.07) is 0. The molecule has 0 bridgehead atoms. The highest BCUT2D eigenvalue weighted by Gasteiger charge is 2.55. The summed E-state index contributed by atoms with van der Waals surface area (Å²) in [6.45, 7) is 2.03. The van der Waals surface area contributed by atoms with E-state index < -0.39 is 70.8 Å². The monoisotopic (exact) mass is 438 g/mol. The van der Waals surface area contributed by atoms with Gasteiger partial charge in [0.25, 0.3) is 0 Å². The van der Waals surface area contributed by atoms with Crippen molar-refractivity contribution in [3.8, 4) is 0 Å². The second-order valence-corrected chi connectivity index (χ2v) is 7.04. The van der Waals surface area contributed by atoms with Gasteiger partial charge in [-0.15, -0.1) is 0 Å². The number of rotatable bonds is 6. The minimum atomic E-state index is -6.22. The van der Waals surface area contributed by atoms with Crippen molar-refractivity contribution < 1.29 is 64.2 Å². The highest BCUT2D eigenvalue weighted by atomic mass is 32.2. The Morgan fingerprint density at radius 2 is 1.50 bits per heavy atom. The number of aliphatic hydroxyl groups is 1. The van der Waals surface area contributed by atoms with Crippen LogP contribution < -0.4 is 0 Å². The number of hydrogen-bond acceptors (Lipinski definition) is 11. The van der Waals surface area contributed by atoms with Crippen LogP contribution in [0.2, 0.25) is 0 Å². The van der Waals surface area contributed by atoms with Crippen molar-refractivity contribution >= 4 is 28.0 Å². The van der Waals surface area contributed by atoms with E-state index >= 15 is 0 Å². The van der Waals surface area contributed by atoms with Crippen LogP contribution in [-0.2, 0) is 47.6 Å². The molecule has 0 aromatic heterocycles. The maximum Gasteiger partial charge on any atom is 0.523 e. The molecule has 15 heteroatoms. The largest absolute Gasteiger partial charge is 0.523 e. The van der Waals surface area contributed by atoms with Crippen molar-refractivity contribution in [3.05, 3.63) is 0 Å². The van der Waals surface area contributed by atoms with E-state index in [0.29, 0.717) is 0 Å². The fourth-order valence-corrected chi connectivity index (χ4v) is 2.66. The Morgan fingerprint density at radius 3 is 1.93 bits per heavy atom. The maximum atomic E-state index is 12.5. The Morgan fingerprint density at radius 1 is 1.00 bits per heavy atom. The van der Waals surface area contributed by atoms with E-state index in [-0.39, 0.29) is 0 Å². The molecule has 0 spiro atoms. The second-order valence-electron chi connectivity index (χ2n) is 5.48. The van der Waals surface area contributed by atoms with Gasteiger partial charge >= 0.3 is 33.5 Å². The molecule has 0 aromatic carbocycles. The van der Waals surface area contributed by atoms with E-state index in [1.807, 2.05) is 0 Å². The van der Waals surface area contributed by atoms with Crippen LogP contribution in [0.25, 0.3) is 0 Å². The molecular formula is C13H17F3O11S. The Balaban J connectivity index is 3.25. The number of halogens is 3. The summed E-state index contributed by atoms with van der Waals surface area (Å²) < 4.78 is 83.0. The summed E-state index contributed by atoms with van der Waals surface area (Å²) in [6.07, 6.45) is -9.98. The molecule has 5 atom stereocenters. The molecule has 1 saturated heterocycles. The lowest BCUT2D eigenvalue weighted by atomic mass is 9.98. The average molecular weight is 438 g/mol. The molecule has 1 heterocycles. The molecule has 11 nitrogen and oxygen atoms in total. The van der Waals surface area contributed by atoms with Crippen LogP contribution in [0.3, 0.4) is 0 Å². The van der Waals surface area contributed by atoms with Crippen molar-refractivity contribution in [2.75, 3.05) is 6.61 Å². The van der Waals surface area contributed by atoms with Crippen LogP contribution >= 0.6 is 0 Å². The van der Waals surface area contributed by atoms with Gasteiger partial charge in [0.15, 0.2) is 12.2 Å². The first-order chi connectivity index (χ1) is 12.7. The van der Waals surface area contributed by atoms with Crippen molar-refractivity contribution in [1.29, 1.82) is 0 Å². The second kappa shape index (κ2) is 9.02. The van der Waals surface area contributed by atoms with E-state index in [2.05, 4.69) is 8.92 Å². The summed E-state index contributed by atoms with van der Waals surface area (Å²) in [7, 11) is -6.22. The first-order valence-corrected chi connectivity index (χ1v) is 8.87. The molecule has 1 rings (SSSR count). The zero-order chi connectivity index (χ0) is 21.9. The number of hydrogen-bond donors (Lipinski definition) is 1. The maximum absolute atomic E-state index is 12.5. The highest BCUT2D eigenvalue weighted by molar-refractivity contribution is 7.87. The van der Waals surface area contributed by atoms with E-state index in [4.69, 9.17) is 14.2 Å². The molecule has 28 heavy (non-hydrogen) atoms. The minimum Gasteiger partial charge on any atom is -0.463 e. The normalized spacial score (nSPS) is 28.3. The Bertz CT molecular complexity index is 705. The van der Waals surface area contributed by atoms with Crippen LogP contribution in [0.4, 0.5) is 13.2 Å². The fourth-order valence-electron chi connectivity index (χ4n) is 2.15. The van der Waals surface area contributed by atoms with Crippen molar-refractivity contribution in [2.45, 2.75) is 57.0 Å². The number of aliphatic hydroxyl groups excluding tert-OH is 1. The molecule has 162 valence electrons. The van der Waals surface area contributed by atoms with E-state index in [1.54, 1.807) is 0 Å². The quantitative estimate of drug-likeness (QED) is 0.244. The molecule has 1 N–H and O–H groups in total. The molecule has 1 aliphatic rings. The minimum absolute atomic E-state index is 0.746. The molecule has 1 aliphatic heterocycles. The smallest absolute Gasteiger partial charge is 0.463 e. The highest BCUT2D eigenvalue weighted by Crippen LogP contribution is 2.32. The van der Waals surface area contributed by atoms with E-state index in [9.17, 15) is 41.1 Å².